The van der Waals surface area contributed by atoms with E-state index in [1.165, 1.54) is 10.4 Å². The molecule has 0 aromatic carbocycles. The normalized spacial score (nSPS) is 12.6. The first-order valence-corrected chi connectivity index (χ1v) is 6.54. The Bertz CT molecular complexity index is 459. The first-order valence-electron chi connectivity index (χ1n) is 5.73. The van der Waals surface area contributed by atoms with Gasteiger partial charge in [0.05, 0.1) is 5.69 Å². The minimum Gasteiger partial charge on any atom is -0.304 e. The molecule has 0 aliphatic heterocycles. The van der Waals surface area contributed by atoms with Gasteiger partial charge in [0.1, 0.15) is 5.01 Å². The summed E-state index contributed by atoms with van der Waals surface area (Å²) in [6.07, 6.45) is 3.65. The van der Waals surface area contributed by atoms with Crippen molar-refractivity contribution in [2.75, 3.05) is 0 Å². The third kappa shape index (κ3) is 3.11. The number of hydrogen-bond acceptors (Lipinski definition) is 4. The monoisotopic (exact) mass is 247 g/mol. The summed E-state index contributed by atoms with van der Waals surface area (Å²) in [4.78, 5) is 9.85. The van der Waals surface area contributed by atoms with Gasteiger partial charge in [0.25, 0.3) is 0 Å². The van der Waals surface area contributed by atoms with E-state index in [4.69, 9.17) is 0 Å². The predicted molar refractivity (Wildman–Crippen MR) is 71.1 cm³/mol. The van der Waals surface area contributed by atoms with E-state index in [9.17, 15) is 0 Å². The van der Waals surface area contributed by atoms with Crippen LogP contribution in [-0.4, -0.2) is 9.97 Å². The molecule has 0 amide bonds. The lowest BCUT2D eigenvalue weighted by atomic mass is 10.1. The molecule has 0 bridgehead atoms. The lowest BCUT2D eigenvalue weighted by Crippen LogP contribution is -2.17. The first kappa shape index (κ1) is 12.2. The largest absolute Gasteiger partial charge is 0.304 e. The van der Waals surface area contributed by atoms with Gasteiger partial charge in [-0.15, -0.1) is 11.3 Å². The standard InChI is InChI=1S/C13H17N3S/c1-9-11(3)17-13(16-9)8-15-10(2)12-4-6-14-7-5-12/h4-7,10,15H,8H2,1-3H3/t10-/m1/s1. The average molecular weight is 247 g/mol. The zero-order valence-corrected chi connectivity index (χ0v) is 11.2. The van der Waals surface area contributed by atoms with Crippen molar-refractivity contribution in [1.82, 2.24) is 15.3 Å². The first-order chi connectivity index (χ1) is 8.16. The van der Waals surface area contributed by atoms with Gasteiger partial charge < -0.3 is 5.32 Å². The Morgan fingerprint density at radius 2 is 2.00 bits per heavy atom. The van der Waals surface area contributed by atoms with Gasteiger partial charge in [0.15, 0.2) is 0 Å². The number of aromatic nitrogens is 2. The van der Waals surface area contributed by atoms with Crippen molar-refractivity contribution in [2.24, 2.45) is 0 Å². The highest BCUT2D eigenvalue weighted by Gasteiger charge is 2.07. The van der Waals surface area contributed by atoms with E-state index in [0.29, 0.717) is 6.04 Å². The Kier molecular flexibility index (Phi) is 3.86. The predicted octanol–water partition coefficient (Wildman–Crippen LogP) is 3.01. The van der Waals surface area contributed by atoms with Crippen LogP contribution in [0.5, 0.6) is 0 Å². The number of hydrogen-bond donors (Lipinski definition) is 1. The van der Waals surface area contributed by atoms with Gasteiger partial charge in [-0.1, -0.05) is 0 Å². The van der Waals surface area contributed by atoms with E-state index in [1.807, 2.05) is 24.5 Å². The van der Waals surface area contributed by atoms with Crippen LogP contribution < -0.4 is 5.32 Å². The summed E-state index contributed by atoms with van der Waals surface area (Å²) in [6, 6.07) is 4.40. The van der Waals surface area contributed by atoms with E-state index in [0.717, 1.165) is 17.2 Å². The molecule has 1 N–H and O–H groups in total. The molecule has 0 saturated carbocycles. The molecule has 0 unspecified atom stereocenters. The minimum atomic E-state index is 0.322. The lowest BCUT2D eigenvalue weighted by molar-refractivity contribution is 0.572. The fourth-order valence-corrected chi connectivity index (χ4v) is 2.51. The van der Waals surface area contributed by atoms with Crippen molar-refractivity contribution < 1.29 is 0 Å². The van der Waals surface area contributed by atoms with Crippen molar-refractivity contribution in [3.05, 3.63) is 45.7 Å². The van der Waals surface area contributed by atoms with Crippen LogP contribution in [0.2, 0.25) is 0 Å². The number of thiazole rings is 1. The van der Waals surface area contributed by atoms with Gasteiger partial charge >= 0.3 is 0 Å². The van der Waals surface area contributed by atoms with Crippen LogP contribution in [0.3, 0.4) is 0 Å². The molecular formula is C13H17N3S. The van der Waals surface area contributed by atoms with Crippen LogP contribution >= 0.6 is 11.3 Å². The molecular weight excluding hydrogens is 230 g/mol. The maximum Gasteiger partial charge on any atom is 0.107 e. The molecule has 2 rings (SSSR count). The van der Waals surface area contributed by atoms with Crippen LogP contribution in [0.4, 0.5) is 0 Å². The summed E-state index contributed by atoms with van der Waals surface area (Å²) in [7, 11) is 0. The number of pyridine rings is 1. The Morgan fingerprint density at radius 1 is 1.29 bits per heavy atom. The van der Waals surface area contributed by atoms with Gasteiger partial charge in [0.2, 0.25) is 0 Å². The van der Waals surface area contributed by atoms with E-state index >= 15 is 0 Å². The Labute approximate surface area is 106 Å². The molecule has 2 heterocycles. The molecule has 2 aromatic heterocycles. The van der Waals surface area contributed by atoms with Gasteiger partial charge in [0, 0.05) is 29.9 Å². The molecule has 17 heavy (non-hydrogen) atoms. The Balaban J connectivity index is 1.94. The lowest BCUT2D eigenvalue weighted by Gasteiger charge is -2.12. The summed E-state index contributed by atoms with van der Waals surface area (Å²) in [6.45, 7) is 7.15. The second-order valence-corrected chi connectivity index (χ2v) is 5.42. The van der Waals surface area contributed by atoms with Gasteiger partial charge in [-0.2, -0.15) is 0 Å². The maximum atomic E-state index is 4.52. The molecule has 0 aliphatic rings. The summed E-state index contributed by atoms with van der Waals surface area (Å²) in [5.41, 5.74) is 2.40. The van der Waals surface area contributed by atoms with Crippen molar-refractivity contribution >= 4 is 11.3 Å². The van der Waals surface area contributed by atoms with Crippen LogP contribution in [-0.2, 0) is 6.54 Å². The molecule has 2 aromatic rings. The van der Waals surface area contributed by atoms with Crippen molar-refractivity contribution in [3.8, 4) is 0 Å². The van der Waals surface area contributed by atoms with Gasteiger partial charge in [-0.3, -0.25) is 4.98 Å². The molecule has 4 heteroatoms. The summed E-state index contributed by atoms with van der Waals surface area (Å²) in [5.74, 6) is 0. The minimum absolute atomic E-state index is 0.322. The van der Waals surface area contributed by atoms with Gasteiger partial charge in [-0.05, 0) is 38.5 Å². The maximum absolute atomic E-state index is 4.52. The highest BCUT2D eigenvalue weighted by atomic mass is 32.1. The van der Waals surface area contributed by atoms with Crippen LogP contribution in [0.15, 0.2) is 24.5 Å². The fraction of sp³-hybridized carbons (Fsp3) is 0.385. The molecule has 3 nitrogen and oxygen atoms in total. The summed E-state index contributed by atoms with van der Waals surface area (Å²) < 4.78 is 0. The highest BCUT2D eigenvalue weighted by Crippen LogP contribution is 2.17. The molecule has 0 spiro atoms. The second-order valence-electron chi connectivity index (χ2n) is 4.13. The van der Waals surface area contributed by atoms with Crippen molar-refractivity contribution in [1.29, 1.82) is 0 Å². The van der Waals surface area contributed by atoms with E-state index in [2.05, 4.69) is 36.1 Å². The molecule has 90 valence electrons. The zero-order chi connectivity index (χ0) is 12.3. The second kappa shape index (κ2) is 5.38. The molecule has 0 saturated heterocycles. The van der Waals surface area contributed by atoms with E-state index < -0.39 is 0 Å². The highest BCUT2D eigenvalue weighted by molar-refractivity contribution is 7.11. The van der Waals surface area contributed by atoms with Crippen LogP contribution in [0.1, 0.15) is 34.1 Å². The third-order valence-corrected chi connectivity index (χ3v) is 3.91. The topological polar surface area (TPSA) is 37.8 Å². The fourth-order valence-electron chi connectivity index (χ4n) is 1.63. The molecule has 1 atom stereocenters. The average Bonchev–Trinajstić information content (AvgIpc) is 2.67. The summed E-state index contributed by atoms with van der Waals surface area (Å²) in [5, 5.41) is 4.63. The Hall–Kier alpha value is -1.26. The van der Waals surface area contributed by atoms with Crippen LogP contribution in [0, 0.1) is 13.8 Å². The van der Waals surface area contributed by atoms with Crippen molar-refractivity contribution in [2.45, 2.75) is 33.4 Å². The van der Waals surface area contributed by atoms with E-state index in [1.54, 1.807) is 11.3 Å². The Morgan fingerprint density at radius 3 is 2.59 bits per heavy atom. The number of nitrogens with one attached hydrogen (secondary N) is 1. The number of rotatable bonds is 4. The third-order valence-electron chi connectivity index (χ3n) is 2.84. The van der Waals surface area contributed by atoms with Gasteiger partial charge in [-0.25, -0.2) is 4.98 Å². The van der Waals surface area contributed by atoms with E-state index in [-0.39, 0.29) is 0 Å². The smallest absolute Gasteiger partial charge is 0.107 e. The van der Waals surface area contributed by atoms with Crippen molar-refractivity contribution in [3.63, 3.8) is 0 Å². The summed E-state index contributed by atoms with van der Waals surface area (Å²) >= 11 is 1.77. The SMILES string of the molecule is Cc1nc(CN[C@H](C)c2ccncc2)sc1C. The zero-order valence-electron chi connectivity index (χ0n) is 10.4. The molecule has 0 radical (unpaired) electrons. The molecule has 0 aliphatic carbocycles. The number of aryl methyl sites for hydroxylation is 2. The number of nitrogens with zero attached hydrogens (tertiary/aromatic N) is 2. The van der Waals surface area contributed by atoms with Crippen LogP contribution in [0.25, 0.3) is 0 Å². The quantitative estimate of drug-likeness (QED) is 0.902. The molecule has 0 fully saturated rings.